The lowest BCUT2D eigenvalue weighted by Gasteiger charge is -2.15. The molecule has 0 aliphatic heterocycles. The van der Waals surface area contributed by atoms with Crippen molar-refractivity contribution in [2.45, 2.75) is 26.7 Å². The Labute approximate surface area is 158 Å². The van der Waals surface area contributed by atoms with Crippen LogP contribution in [0.25, 0.3) is 0 Å². The van der Waals surface area contributed by atoms with Gasteiger partial charge in [0.15, 0.2) is 11.8 Å². The fourth-order valence-corrected chi connectivity index (χ4v) is 2.94. The number of halogens is 1. The minimum atomic E-state index is 0. The van der Waals surface area contributed by atoms with Crippen molar-refractivity contribution in [3.63, 3.8) is 0 Å². The molecule has 0 saturated heterocycles. The summed E-state index contributed by atoms with van der Waals surface area (Å²) in [5.41, 5.74) is 0. The first-order chi connectivity index (χ1) is 10.7. The molecule has 0 bridgehead atoms. The molecule has 23 heavy (non-hydrogen) atoms. The van der Waals surface area contributed by atoms with Crippen molar-refractivity contribution in [1.82, 2.24) is 20.8 Å². The van der Waals surface area contributed by atoms with E-state index in [0.29, 0.717) is 30.6 Å². The zero-order chi connectivity index (χ0) is 15.8. The maximum absolute atomic E-state index is 5.08. The van der Waals surface area contributed by atoms with Gasteiger partial charge in [0.2, 0.25) is 5.89 Å². The summed E-state index contributed by atoms with van der Waals surface area (Å²) in [7, 11) is 1.77. The quantitative estimate of drug-likeness (QED) is 0.386. The molecule has 1 unspecified atom stereocenters. The van der Waals surface area contributed by atoms with Crippen LogP contribution in [0.3, 0.4) is 0 Å². The van der Waals surface area contributed by atoms with Gasteiger partial charge < -0.3 is 15.2 Å². The van der Waals surface area contributed by atoms with E-state index in [1.807, 2.05) is 18.3 Å². The van der Waals surface area contributed by atoms with Crippen molar-refractivity contribution in [3.8, 4) is 0 Å². The topological polar surface area (TPSA) is 75.3 Å². The number of aromatic nitrogens is 2. The molecule has 0 aliphatic rings. The van der Waals surface area contributed by atoms with Crippen LogP contribution in [0.1, 0.15) is 23.5 Å². The Hall–Kier alpha value is -1.16. The van der Waals surface area contributed by atoms with Gasteiger partial charge in [0.25, 0.3) is 0 Å². The first-order valence-corrected chi connectivity index (χ1v) is 8.31. The third kappa shape index (κ3) is 7.30. The van der Waals surface area contributed by atoms with E-state index in [1.165, 1.54) is 4.88 Å². The van der Waals surface area contributed by atoms with Crippen molar-refractivity contribution >= 4 is 41.3 Å². The SMILES string of the molecule is CN=C(NCCc1nc(C)no1)NCC(C)Cc1cccs1.I. The number of aryl methyl sites for hydroxylation is 1. The summed E-state index contributed by atoms with van der Waals surface area (Å²) in [5, 5.41) is 12.5. The summed E-state index contributed by atoms with van der Waals surface area (Å²) in [5.74, 6) is 2.66. The molecule has 2 heterocycles. The molecule has 0 aromatic carbocycles. The summed E-state index contributed by atoms with van der Waals surface area (Å²) in [4.78, 5) is 9.82. The van der Waals surface area contributed by atoms with Crippen LogP contribution in [0.15, 0.2) is 27.0 Å². The van der Waals surface area contributed by atoms with Gasteiger partial charge in [0, 0.05) is 31.4 Å². The monoisotopic (exact) mass is 449 g/mol. The smallest absolute Gasteiger partial charge is 0.228 e. The van der Waals surface area contributed by atoms with Gasteiger partial charge in [-0.2, -0.15) is 4.98 Å². The molecular weight excluding hydrogens is 425 g/mol. The maximum Gasteiger partial charge on any atom is 0.228 e. The van der Waals surface area contributed by atoms with Crippen LogP contribution in [0.5, 0.6) is 0 Å². The Balaban J connectivity index is 0.00000264. The molecule has 6 nitrogen and oxygen atoms in total. The Bertz CT molecular complexity index is 584. The average Bonchev–Trinajstić information content (AvgIpc) is 3.14. The molecule has 2 aromatic heterocycles. The average molecular weight is 449 g/mol. The second-order valence-electron chi connectivity index (χ2n) is 5.25. The predicted molar refractivity (Wildman–Crippen MR) is 105 cm³/mol. The van der Waals surface area contributed by atoms with Gasteiger partial charge in [-0.1, -0.05) is 18.1 Å². The Morgan fingerprint density at radius 3 is 2.87 bits per heavy atom. The molecule has 0 amide bonds. The molecule has 0 fully saturated rings. The molecule has 0 radical (unpaired) electrons. The van der Waals surface area contributed by atoms with Crippen LogP contribution < -0.4 is 10.6 Å². The van der Waals surface area contributed by atoms with Gasteiger partial charge in [-0.25, -0.2) is 0 Å². The molecule has 0 spiro atoms. The molecule has 0 aliphatic carbocycles. The number of hydrogen-bond acceptors (Lipinski definition) is 5. The van der Waals surface area contributed by atoms with Crippen LogP contribution in [0.4, 0.5) is 0 Å². The maximum atomic E-state index is 5.08. The molecule has 2 aromatic rings. The Morgan fingerprint density at radius 1 is 1.43 bits per heavy atom. The summed E-state index contributed by atoms with van der Waals surface area (Å²) in [6, 6.07) is 4.28. The largest absolute Gasteiger partial charge is 0.356 e. The second kappa shape index (κ2) is 10.6. The normalized spacial score (nSPS) is 12.6. The van der Waals surface area contributed by atoms with Gasteiger partial charge in [-0.3, -0.25) is 4.99 Å². The van der Waals surface area contributed by atoms with Gasteiger partial charge in [0.05, 0.1) is 0 Å². The zero-order valence-corrected chi connectivity index (χ0v) is 16.9. The standard InChI is InChI=1S/C15H23N5OS.HI/c1-11(9-13-5-4-8-22-13)10-18-15(16-3)17-7-6-14-19-12(2)20-21-14;/h4-5,8,11H,6-7,9-10H2,1-3H3,(H2,16,17,18);1H. The van der Waals surface area contributed by atoms with Crippen LogP contribution in [-0.4, -0.2) is 36.2 Å². The van der Waals surface area contributed by atoms with Crippen molar-refractivity contribution in [2.75, 3.05) is 20.1 Å². The highest BCUT2D eigenvalue weighted by Gasteiger charge is 2.07. The highest BCUT2D eigenvalue weighted by Crippen LogP contribution is 2.13. The number of aliphatic imine (C=N–C) groups is 1. The van der Waals surface area contributed by atoms with E-state index in [-0.39, 0.29) is 24.0 Å². The minimum Gasteiger partial charge on any atom is -0.356 e. The van der Waals surface area contributed by atoms with Gasteiger partial charge in [0.1, 0.15) is 0 Å². The van der Waals surface area contributed by atoms with Crippen LogP contribution >= 0.6 is 35.3 Å². The molecule has 128 valence electrons. The third-order valence-electron chi connectivity index (χ3n) is 3.17. The van der Waals surface area contributed by atoms with Crippen molar-refractivity contribution < 1.29 is 4.52 Å². The van der Waals surface area contributed by atoms with Crippen LogP contribution in [0, 0.1) is 12.8 Å². The molecular formula is C15H24IN5OS. The number of guanidine groups is 1. The zero-order valence-electron chi connectivity index (χ0n) is 13.7. The molecule has 0 saturated carbocycles. The van der Waals surface area contributed by atoms with Gasteiger partial charge in [-0.15, -0.1) is 35.3 Å². The lowest BCUT2D eigenvalue weighted by molar-refractivity contribution is 0.374. The van der Waals surface area contributed by atoms with E-state index in [0.717, 1.165) is 18.9 Å². The summed E-state index contributed by atoms with van der Waals surface area (Å²) >= 11 is 1.81. The van der Waals surface area contributed by atoms with Crippen molar-refractivity contribution in [3.05, 3.63) is 34.1 Å². The summed E-state index contributed by atoms with van der Waals surface area (Å²) < 4.78 is 5.08. The van der Waals surface area contributed by atoms with Gasteiger partial charge in [-0.05, 0) is 30.7 Å². The lowest BCUT2D eigenvalue weighted by atomic mass is 10.1. The van der Waals surface area contributed by atoms with E-state index in [2.05, 4.69) is 50.2 Å². The first kappa shape index (κ1) is 19.9. The van der Waals surface area contributed by atoms with Crippen LogP contribution in [-0.2, 0) is 12.8 Å². The fraction of sp³-hybridized carbons (Fsp3) is 0.533. The summed E-state index contributed by atoms with van der Waals surface area (Å²) in [6.07, 6.45) is 1.77. The van der Waals surface area contributed by atoms with Gasteiger partial charge >= 0.3 is 0 Å². The molecule has 2 rings (SSSR count). The number of hydrogen-bond donors (Lipinski definition) is 2. The second-order valence-corrected chi connectivity index (χ2v) is 6.29. The highest BCUT2D eigenvalue weighted by molar-refractivity contribution is 14.0. The fourth-order valence-electron chi connectivity index (χ4n) is 2.07. The Morgan fingerprint density at radius 2 is 2.26 bits per heavy atom. The van der Waals surface area contributed by atoms with E-state index in [9.17, 15) is 0 Å². The summed E-state index contributed by atoms with van der Waals surface area (Å²) in [6.45, 7) is 5.65. The predicted octanol–water partition coefficient (Wildman–Crippen LogP) is 2.64. The first-order valence-electron chi connectivity index (χ1n) is 7.43. The Kier molecular flexibility index (Phi) is 9.15. The highest BCUT2D eigenvalue weighted by atomic mass is 127. The van der Waals surface area contributed by atoms with Crippen LogP contribution in [0.2, 0.25) is 0 Å². The number of thiophene rings is 1. The number of nitrogens with one attached hydrogen (secondary N) is 2. The lowest BCUT2D eigenvalue weighted by Crippen LogP contribution is -2.40. The van der Waals surface area contributed by atoms with E-state index < -0.39 is 0 Å². The minimum absolute atomic E-state index is 0. The molecule has 2 N–H and O–H groups in total. The van der Waals surface area contributed by atoms with E-state index in [4.69, 9.17) is 4.52 Å². The third-order valence-corrected chi connectivity index (χ3v) is 4.07. The number of rotatable bonds is 7. The van der Waals surface area contributed by atoms with Crippen molar-refractivity contribution in [1.29, 1.82) is 0 Å². The van der Waals surface area contributed by atoms with E-state index >= 15 is 0 Å². The molecule has 8 heteroatoms. The number of nitrogens with zero attached hydrogens (tertiary/aromatic N) is 3. The van der Waals surface area contributed by atoms with Crippen molar-refractivity contribution in [2.24, 2.45) is 10.9 Å². The molecule has 1 atom stereocenters. The van der Waals surface area contributed by atoms with E-state index in [1.54, 1.807) is 7.05 Å².